The van der Waals surface area contributed by atoms with Gasteiger partial charge in [0.2, 0.25) is 0 Å². The Hall–Kier alpha value is -3.39. The van der Waals surface area contributed by atoms with E-state index in [0.717, 1.165) is 16.7 Å². The highest BCUT2D eigenvalue weighted by Crippen LogP contribution is 2.33. The lowest BCUT2D eigenvalue weighted by atomic mass is 10.0. The predicted molar refractivity (Wildman–Crippen MR) is 106 cm³/mol. The minimum absolute atomic E-state index is 0.140. The van der Waals surface area contributed by atoms with Gasteiger partial charge in [0.15, 0.2) is 0 Å². The van der Waals surface area contributed by atoms with Crippen LogP contribution in [0.3, 0.4) is 0 Å². The van der Waals surface area contributed by atoms with Crippen molar-refractivity contribution in [3.63, 3.8) is 0 Å². The van der Waals surface area contributed by atoms with Gasteiger partial charge in [-0.2, -0.15) is 0 Å². The molecule has 0 saturated carbocycles. The van der Waals surface area contributed by atoms with Gasteiger partial charge in [0.05, 0.1) is 28.9 Å². The van der Waals surface area contributed by atoms with Gasteiger partial charge in [-0.05, 0) is 41.4 Å². The van der Waals surface area contributed by atoms with E-state index >= 15 is 4.39 Å². The van der Waals surface area contributed by atoms with Crippen LogP contribution in [-0.4, -0.2) is 4.57 Å². The molecule has 0 unspecified atom stereocenters. The third-order valence-corrected chi connectivity index (χ3v) is 3.96. The summed E-state index contributed by atoms with van der Waals surface area (Å²) in [7, 11) is 0. The second-order valence-electron chi connectivity index (χ2n) is 5.48. The number of hydrogen-bond donors (Lipinski definition) is 0. The number of para-hydroxylation sites is 2. The summed E-state index contributed by atoms with van der Waals surface area (Å²) in [5.74, 6) is -0.925. The van der Waals surface area contributed by atoms with Crippen LogP contribution in [0.5, 0.6) is 0 Å². The predicted octanol–water partition coefficient (Wildman–Crippen LogP) is 6.59. The quantitative estimate of drug-likeness (QED) is 0.338. The van der Waals surface area contributed by atoms with Crippen molar-refractivity contribution < 1.29 is 22.2 Å². The molecule has 2 heteroatoms. The van der Waals surface area contributed by atoms with Crippen LogP contribution in [0.2, 0.25) is 0 Å². The molecule has 0 aliphatic rings. The Balaban J connectivity index is 2.03. The average Bonchev–Trinajstić information content (AvgIpc) is 3.27. The number of aromatic nitrogens is 1. The van der Waals surface area contributed by atoms with Gasteiger partial charge < -0.3 is 4.57 Å². The Kier molecular flexibility index (Phi) is 1.51. The molecule has 26 heavy (non-hydrogen) atoms. The van der Waals surface area contributed by atoms with Crippen molar-refractivity contribution in [1.82, 2.24) is 4.57 Å². The molecule has 4 aromatic carbocycles. The molecule has 1 aromatic heterocycles. The summed E-state index contributed by atoms with van der Waals surface area (Å²) < 4.78 is 123. The molecular formula is C24H16FN. The molecule has 1 nitrogen and oxygen atoms in total. The van der Waals surface area contributed by atoms with Gasteiger partial charge in [0.1, 0.15) is 5.82 Å². The first-order valence-electron chi connectivity index (χ1n) is 14.1. The fourth-order valence-electron chi connectivity index (χ4n) is 2.92. The Morgan fingerprint density at radius 2 is 1.19 bits per heavy atom. The Bertz CT molecular complexity index is 1810. The van der Waals surface area contributed by atoms with Gasteiger partial charge in [-0.15, -0.1) is 0 Å². The maximum atomic E-state index is 15.1. The zero-order valence-corrected chi connectivity index (χ0v) is 13.1. The molecule has 5 rings (SSSR count). The van der Waals surface area contributed by atoms with E-state index in [1.165, 1.54) is 6.07 Å². The van der Waals surface area contributed by atoms with Gasteiger partial charge in [0.25, 0.3) is 0 Å². The lowest BCUT2D eigenvalue weighted by Crippen LogP contribution is -1.95. The fraction of sp³-hybridized carbons (Fsp3) is 0. The SMILES string of the molecule is [2H]c1c([2H])c([2H])c(-c2cc(F)cc(-n3c4c([2H])c([2H])c([2H])c([2H])c4c4c([2H])c([2H])c([2H])c([2H])c43)c2)c([2H])c1[2H]. The molecule has 0 spiro atoms. The van der Waals surface area contributed by atoms with Crippen LogP contribution in [0.4, 0.5) is 4.39 Å². The van der Waals surface area contributed by atoms with Crippen LogP contribution in [-0.2, 0) is 0 Å². The highest BCUT2D eigenvalue weighted by molar-refractivity contribution is 6.09. The summed E-state index contributed by atoms with van der Waals surface area (Å²) in [6.07, 6.45) is 0. The average molecular weight is 350 g/mol. The first-order valence-corrected chi connectivity index (χ1v) is 7.59. The van der Waals surface area contributed by atoms with Crippen molar-refractivity contribution in [1.29, 1.82) is 0 Å². The molecule has 0 saturated heterocycles. The van der Waals surface area contributed by atoms with Crippen molar-refractivity contribution >= 4 is 21.8 Å². The monoisotopic (exact) mass is 350 g/mol. The third kappa shape index (κ3) is 2.31. The van der Waals surface area contributed by atoms with Gasteiger partial charge in [-0.1, -0.05) is 66.5 Å². The van der Waals surface area contributed by atoms with Crippen molar-refractivity contribution in [3.8, 4) is 16.8 Å². The van der Waals surface area contributed by atoms with Gasteiger partial charge in [-0.3, -0.25) is 0 Å². The summed E-state index contributed by atoms with van der Waals surface area (Å²) in [6.45, 7) is 0. The first-order chi connectivity index (χ1) is 18.2. The molecule has 1 heterocycles. The van der Waals surface area contributed by atoms with Crippen LogP contribution in [0.1, 0.15) is 17.8 Å². The standard InChI is InChI=1S/C24H16FN/c25-19-14-18(17-8-2-1-3-9-17)15-20(16-19)26-23-12-6-4-10-21(23)22-11-5-7-13-24(22)26/h1-16H/i1D,2D,3D,4D,5D,6D,7D,8D,9D,10D,11D,12D,13D. The summed E-state index contributed by atoms with van der Waals surface area (Å²) in [6, 6.07) is -4.78. The van der Waals surface area contributed by atoms with Crippen molar-refractivity contribution in [2.45, 2.75) is 0 Å². The fourth-order valence-corrected chi connectivity index (χ4v) is 2.92. The van der Waals surface area contributed by atoms with Crippen LogP contribution < -0.4 is 0 Å². The lowest BCUT2D eigenvalue weighted by molar-refractivity contribution is 0.627. The van der Waals surface area contributed by atoms with E-state index in [1.54, 1.807) is 0 Å². The minimum atomic E-state index is -0.925. The molecule has 0 radical (unpaired) electrons. The van der Waals surface area contributed by atoms with E-state index in [9.17, 15) is 0 Å². The van der Waals surface area contributed by atoms with Crippen LogP contribution >= 0.6 is 0 Å². The second kappa shape index (κ2) is 5.85. The van der Waals surface area contributed by atoms with Crippen molar-refractivity contribution in [3.05, 3.63) is 103 Å². The van der Waals surface area contributed by atoms with Gasteiger partial charge >= 0.3 is 0 Å². The highest BCUT2D eigenvalue weighted by Gasteiger charge is 2.13. The lowest BCUT2D eigenvalue weighted by Gasteiger charge is -2.11. The molecule has 0 amide bonds. The van der Waals surface area contributed by atoms with E-state index in [-0.39, 0.29) is 38.6 Å². The van der Waals surface area contributed by atoms with Crippen LogP contribution in [0.15, 0.2) is 96.8 Å². The minimum Gasteiger partial charge on any atom is -0.309 e. The zero-order chi connectivity index (χ0) is 28.8. The molecule has 0 N–H and O–H groups in total. The molecule has 5 aromatic rings. The van der Waals surface area contributed by atoms with E-state index in [1.807, 2.05) is 0 Å². The van der Waals surface area contributed by atoms with E-state index in [0.29, 0.717) is 0 Å². The topological polar surface area (TPSA) is 4.93 Å². The molecule has 0 bridgehead atoms. The molecule has 0 fully saturated rings. The highest BCUT2D eigenvalue weighted by atomic mass is 19.1. The van der Waals surface area contributed by atoms with E-state index in [2.05, 4.69) is 0 Å². The Morgan fingerprint density at radius 1 is 0.615 bits per heavy atom. The van der Waals surface area contributed by atoms with Gasteiger partial charge in [-0.25, -0.2) is 4.39 Å². The third-order valence-electron chi connectivity index (χ3n) is 3.96. The largest absolute Gasteiger partial charge is 0.309 e. The summed E-state index contributed by atoms with van der Waals surface area (Å²) in [4.78, 5) is 0. The van der Waals surface area contributed by atoms with Crippen LogP contribution in [0.25, 0.3) is 38.6 Å². The molecule has 0 aliphatic heterocycles. The molecule has 0 aliphatic carbocycles. The summed E-state index contributed by atoms with van der Waals surface area (Å²) in [5, 5.41) is -0.395. The normalized spacial score (nSPS) is 18.3. The van der Waals surface area contributed by atoms with Gasteiger partial charge in [0, 0.05) is 16.5 Å². The molecule has 124 valence electrons. The number of benzene rings is 4. The maximum Gasteiger partial charge on any atom is 0.125 e. The molecule has 0 atom stereocenters. The maximum absolute atomic E-state index is 15.1. The number of rotatable bonds is 2. The second-order valence-corrected chi connectivity index (χ2v) is 5.48. The number of nitrogens with zero attached hydrogens (tertiary/aromatic N) is 1. The smallest absolute Gasteiger partial charge is 0.125 e. The zero-order valence-electron chi connectivity index (χ0n) is 26.1. The van der Waals surface area contributed by atoms with Crippen molar-refractivity contribution in [2.75, 3.05) is 0 Å². The van der Waals surface area contributed by atoms with Crippen molar-refractivity contribution in [2.24, 2.45) is 0 Å². The number of hydrogen-bond acceptors (Lipinski definition) is 0. The number of fused-ring (bicyclic) bond motifs is 3. The summed E-state index contributed by atoms with van der Waals surface area (Å²) >= 11 is 0. The number of halogens is 1. The summed E-state index contributed by atoms with van der Waals surface area (Å²) in [5.41, 5.74) is -1.07. The van der Waals surface area contributed by atoms with E-state index in [4.69, 9.17) is 17.8 Å². The van der Waals surface area contributed by atoms with Crippen LogP contribution in [0, 0.1) is 5.82 Å². The Labute approximate surface area is 169 Å². The first kappa shape index (κ1) is 6.73. The van der Waals surface area contributed by atoms with E-state index < -0.39 is 84.4 Å². The molecular weight excluding hydrogens is 321 g/mol. The Morgan fingerprint density at radius 3 is 1.85 bits per heavy atom.